The Kier molecular flexibility index (Phi) is 5.69. The molecule has 25 heavy (non-hydrogen) atoms. The predicted octanol–water partition coefficient (Wildman–Crippen LogP) is 4.11. The SMILES string of the molecule is CC(=O)Nc1ccc(F)c(NC(=O)N[C@H](C)c2ccc(C)c(F)c2)c1. The zero-order valence-electron chi connectivity index (χ0n) is 14.1. The van der Waals surface area contributed by atoms with Gasteiger partial charge >= 0.3 is 6.03 Å². The summed E-state index contributed by atoms with van der Waals surface area (Å²) in [6, 6.07) is 7.39. The lowest BCUT2D eigenvalue weighted by Crippen LogP contribution is -2.31. The van der Waals surface area contributed by atoms with Crippen molar-refractivity contribution >= 4 is 23.3 Å². The zero-order valence-corrected chi connectivity index (χ0v) is 14.1. The van der Waals surface area contributed by atoms with Crippen LogP contribution in [-0.4, -0.2) is 11.9 Å². The average molecular weight is 347 g/mol. The number of hydrogen-bond donors (Lipinski definition) is 3. The minimum absolute atomic E-state index is 0.0777. The highest BCUT2D eigenvalue weighted by Crippen LogP contribution is 2.20. The van der Waals surface area contributed by atoms with E-state index in [1.54, 1.807) is 26.0 Å². The van der Waals surface area contributed by atoms with E-state index in [0.29, 0.717) is 16.8 Å². The molecule has 1 atom stereocenters. The summed E-state index contributed by atoms with van der Waals surface area (Å²) in [6.45, 7) is 4.66. The fourth-order valence-electron chi connectivity index (χ4n) is 2.22. The van der Waals surface area contributed by atoms with Crippen molar-refractivity contribution in [3.63, 3.8) is 0 Å². The van der Waals surface area contributed by atoms with Crippen LogP contribution in [0.4, 0.5) is 25.0 Å². The van der Waals surface area contributed by atoms with Crippen LogP contribution in [0.5, 0.6) is 0 Å². The Labute approximate surface area is 144 Å². The third-order valence-corrected chi connectivity index (χ3v) is 3.58. The Hall–Kier alpha value is -2.96. The van der Waals surface area contributed by atoms with Crippen LogP contribution in [0.3, 0.4) is 0 Å². The molecule has 3 amide bonds. The van der Waals surface area contributed by atoms with Crippen molar-refractivity contribution in [2.75, 3.05) is 10.6 Å². The van der Waals surface area contributed by atoms with Crippen molar-refractivity contribution < 1.29 is 18.4 Å². The number of nitrogens with one attached hydrogen (secondary N) is 3. The lowest BCUT2D eigenvalue weighted by molar-refractivity contribution is -0.114. The summed E-state index contributed by atoms with van der Waals surface area (Å²) in [5.41, 5.74) is 1.38. The fraction of sp³-hybridized carbons (Fsp3) is 0.222. The van der Waals surface area contributed by atoms with Crippen LogP contribution < -0.4 is 16.0 Å². The van der Waals surface area contributed by atoms with Crippen molar-refractivity contribution in [2.24, 2.45) is 0 Å². The van der Waals surface area contributed by atoms with Gasteiger partial charge in [0.05, 0.1) is 11.7 Å². The number of anilines is 2. The fourth-order valence-corrected chi connectivity index (χ4v) is 2.22. The molecule has 0 aromatic heterocycles. The number of halogens is 2. The monoisotopic (exact) mass is 347 g/mol. The second-order valence-corrected chi connectivity index (χ2v) is 5.70. The third kappa shape index (κ3) is 5.00. The molecule has 5 nitrogen and oxygen atoms in total. The lowest BCUT2D eigenvalue weighted by atomic mass is 10.1. The lowest BCUT2D eigenvalue weighted by Gasteiger charge is -2.16. The minimum Gasteiger partial charge on any atom is -0.331 e. The maximum absolute atomic E-state index is 13.8. The molecule has 7 heteroatoms. The van der Waals surface area contributed by atoms with Crippen LogP contribution in [0.15, 0.2) is 36.4 Å². The number of rotatable bonds is 4. The third-order valence-electron chi connectivity index (χ3n) is 3.58. The van der Waals surface area contributed by atoms with E-state index in [9.17, 15) is 18.4 Å². The highest BCUT2D eigenvalue weighted by molar-refractivity contribution is 5.92. The molecule has 0 spiro atoms. The Morgan fingerprint density at radius 2 is 1.72 bits per heavy atom. The molecule has 0 fully saturated rings. The van der Waals surface area contributed by atoms with Crippen molar-refractivity contribution in [3.05, 3.63) is 59.2 Å². The van der Waals surface area contributed by atoms with Gasteiger partial charge in [-0.05, 0) is 49.2 Å². The molecule has 0 radical (unpaired) electrons. The van der Waals surface area contributed by atoms with E-state index in [2.05, 4.69) is 16.0 Å². The summed E-state index contributed by atoms with van der Waals surface area (Å²) in [5.74, 6) is -1.31. The van der Waals surface area contributed by atoms with E-state index in [-0.39, 0.29) is 17.4 Å². The van der Waals surface area contributed by atoms with E-state index in [1.165, 1.54) is 25.1 Å². The van der Waals surface area contributed by atoms with E-state index >= 15 is 0 Å². The smallest absolute Gasteiger partial charge is 0.319 e. The zero-order chi connectivity index (χ0) is 18.6. The first-order valence-electron chi connectivity index (χ1n) is 7.67. The van der Waals surface area contributed by atoms with Crippen molar-refractivity contribution in [1.29, 1.82) is 0 Å². The second-order valence-electron chi connectivity index (χ2n) is 5.70. The van der Waals surface area contributed by atoms with Gasteiger partial charge in [0.2, 0.25) is 5.91 Å². The Morgan fingerprint density at radius 1 is 1.00 bits per heavy atom. The number of amides is 3. The number of urea groups is 1. The normalized spacial score (nSPS) is 11.6. The van der Waals surface area contributed by atoms with Gasteiger partial charge in [0, 0.05) is 12.6 Å². The largest absolute Gasteiger partial charge is 0.331 e. The Bertz CT molecular complexity index is 809. The predicted molar refractivity (Wildman–Crippen MR) is 92.4 cm³/mol. The first-order valence-corrected chi connectivity index (χ1v) is 7.67. The number of aryl methyl sites for hydroxylation is 1. The van der Waals surface area contributed by atoms with Crippen LogP contribution in [0, 0.1) is 18.6 Å². The molecular weight excluding hydrogens is 328 g/mol. The van der Waals surface area contributed by atoms with Crippen molar-refractivity contribution in [2.45, 2.75) is 26.8 Å². The van der Waals surface area contributed by atoms with Gasteiger partial charge in [-0.1, -0.05) is 12.1 Å². The van der Waals surface area contributed by atoms with E-state index in [4.69, 9.17) is 0 Å². The summed E-state index contributed by atoms with van der Waals surface area (Å²) < 4.78 is 27.4. The molecule has 0 saturated carbocycles. The molecule has 2 rings (SSSR count). The van der Waals surface area contributed by atoms with Gasteiger partial charge < -0.3 is 16.0 Å². The molecule has 0 aliphatic heterocycles. The molecule has 2 aromatic rings. The van der Waals surface area contributed by atoms with Gasteiger partial charge in [-0.15, -0.1) is 0 Å². The molecule has 0 saturated heterocycles. The van der Waals surface area contributed by atoms with Crippen LogP contribution in [0.25, 0.3) is 0 Å². The molecule has 0 unspecified atom stereocenters. The number of hydrogen-bond acceptors (Lipinski definition) is 2. The molecular formula is C18H19F2N3O2. The number of carbonyl (C=O) groups excluding carboxylic acids is 2. The molecule has 0 aliphatic rings. The van der Waals surface area contributed by atoms with E-state index in [1.807, 2.05) is 0 Å². The van der Waals surface area contributed by atoms with Crippen molar-refractivity contribution in [1.82, 2.24) is 5.32 Å². The first kappa shape index (κ1) is 18.4. The maximum Gasteiger partial charge on any atom is 0.319 e. The molecule has 2 aromatic carbocycles. The molecule has 0 aliphatic carbocycles. The molecule has 0 bridgehead atoms. The second kappa shape index (κ2) is 7.74. The van der Waals surface area contributed by atoms with Gasteiger partial charge in [0.15, 0.2) is 0 Å². The average Bonchev–Trinajstić information content (AvgIpc) is 2.52. The summed E-state index contributed by atoms with van der Waals surface area (Å²) in [6.07, 6.45) is 0. The van der Waals surface area contributed by atoms with E-state index in [0.717, 1.165) is 6.07 Å². The summed E-state index contributed by atoms with van der Waals surface area (Å²) in [4.78, 5) is 23.1. The Morgan fingerprint density at radius 3 is 2.36 bits per heavy atom. The number of carbonyl (C=O) groups is 2. The minimum atomic E-state index is -0.646. The molecule has 3 N–H and O–H groups in total. The molecule has 0 heterocycles. The van der Waals surface area contributed by atoms with Gasteiger partial charge in [-0.2, -0.15) is 0 Å². The van der Waals surface area contributed by atoms with Gasteiger partial charge in [-0.25, -0.2) is 13.6 Å². The topological polar surface area (TPSA) is 70.2 Å². The Balaban J connectivity index is 2.06. The van der Waals surface area contributed by atoms with Crippen LogP contribution >= 0.6 is 0 Å². The summed E-state index contributed by atoms with van der Waals surface area (Å²) in [7, 11) is 0. The quantitative estimate of drug-likeness (QED) is 0.779. The highest BCUT2D eigenvalue weighted by atomic mass is 19.1. The molecule has 132 valence electrons. The summed E-state index contributed by atoms with van der Waals surface area (Å²) in [5, 5.41) is 7.49. The highest BCUT2D eigenvalue weighted by Gasteiger charge is 2.13. The van der Waals surface area contributed by atoms with Crippen LogP contribution in [0.1, 0.15) is 31.0 Å². The standard InChI is InChI=1S/C18H19F2N3O2/c1-10-4-5-13(8-16(10)20)11(2)21-18(25)23-17-9-14(22-12(3)24)6-7-15(17)19/h4-9,11H,1-3H3,(H,22,24)(H2,21,23,25)/t11-/m1/s1. The van der Waals surface area contributed by atoms with Gasteiger partial charge in [0.1, 0.15) is 11.6 Å². The van der Waals surface area contributed by atoms with Crippen LogP contribution in [0.2, 0.25) is 0 Å². The van der Waals surface area contributed by atoms with Crippen molar-refractivity contribution in [3.8, 4) is 0 Å². The van der Waals surface area contributed by atoms with Gasteiger partial charge in [-0.3, -0.25) is 4.79 Å². The van der Waals surface area contributed by atoms with Gasteiger partial charge in [0.25, 0.3) is 0 Å². The van der Waals surface area contributed by atoms with Crippen LogP contribution in [-0.2, 0) is 4.79 Å². The maximum atomic E-state index is 13.8. The number of benzene rings is 2. The first-order chi connectivity index (χ1) is 11.8. The van der Waals surface area contributed by atoms with E-state index < -0.39 is 17.9 Å². The summed E-state index contributed by atoms with van der Waals surface area (Å²) >= 11 is 0.